The summed E-state index contributed by atoms with van der Waals surface area (Å²) < 4.78 is 30.2. The van der Waals surface area contributed by atoms with Crippen molar-refractivity contribution in [1.82, 2.24) is 19.8 Å². The molecule has 0 spiro atoms. The molecule has 5 heterocycles. The Morgan fingerprint density at radius 2 is 1.70 bits per heavy atom. The van der Waals surface area contributed by atoms with Crippen LogP contribution in [0.4, 0.5) is 15.0 Å². The number of ether oxygens (including phenoxy) is 2. The topological polar surface area (TPSA) is 71.0 Å². The molecule has 2 bridgehead atoms. The molecule has 3 atom stereocenters. The third-order valence-electron chi connectivity index (χ3n) is 13.9. The number of anilines is 1. The maximum absolute atomic E-state index is 17.8. The van der Waals surface area contributed by atoms with Gasteiger partial charge in [0.15, 0.2) is 5.82 Å². The van der Waals surface area contributed by atoms with Gasteiger partial charge in [-0.2, -0.15) is 9.97 Å². The maximum atomic E-state index is 17.8. The van der Waals surface area contributed by atoms with Crippen molar-refractivity contribution < 1.29 is 18.7 Å². The van der Waals surface area contributed by atoms with Crippen LogP contribution in [0.2, 0.25) is 21.6 Å². The first kappa shape index (κ1) is 42.5. The molecule has 8 nitrogen and oxygen atoms in total. The summed E-state index contributed by atoms with van der Waals surface area (Å²) in [5.74, 6) is 3.70. The van der Waals surface area contributed by atoms with Crippen LogP contribution in [0.15, 0.2) is 54.6 Å². The summed E-state index contributed by atoms with van der Waals surface area (Å²) in [4.78, 5) is 29.9. The fourth-order valence-electron chi connectivity index (χ4n) is 11.3. The molecule has 1 aromatic heterocycles. The SMILES string of the molecule is C=C1CN2CCCC2(COc2nc(N3CC4CCC(C3)N4C(=O)OC(C)(C)C)c3cc(Cl)c(-c4cccc5cccc(C#C[Si](C(C)C)(C(C)C)C(C)C)c45)c(F)c3n2)C1. The van der Waals surface area contributed by atoms with Crippen LogP contribution < -0.4 is 9.64 Å². The third-order valence-corrected chi connectivity index (χ3v) is 20.5. The highest BCUT2D eigenvalue weighted by atomic mass is 35.5. The third kappa shape index (κ3) is 7.47. The van der Waals surface area contributed by atoms with E-state index in [4.69, 9.17) is 31.0 Å². The Labute approximate surface area is 361 Å². The Kier molecular flexibility index (Phi) is 11.3. The van der Waals surface area contributed by atoms with Crippen molar-refractivity contribution in [3.63, 3.8) is 0 Å². The molecular weight excluding hydrogens is 789 g/mol. The molecular formula is C49H61ClFN5O3Si. The van der Waals surface area contributed by atoms with Crippen molar-refractivity contribution in [2.75, 3.05) is 37.7 Å². The minimum atomic E-state index is -2.07. The van der Waals surface area contributed by atoms with E-state index in [2.05, 4.69) is 81.5 Å². The van der Waals surface area contributed by atoms with Crippen LogP contribution in [0.1, 0.15) is 100.0 Å². The van der Waals surface area contributed by atoms with Gasteiger partial charge in [0, 0.05) is 41.5 Å². The Balaban J connectivity index is 1.26. The van der Waals surface area contributed by atoms with E-state index in [0.717, 1.165) is 61.5 Å². The molecule has 0 saturated carbocycles. The predicted molar refractivity (Wildman–Crippen MR) is 245 cm³/mol. The molecule has 4 saturated heterocycles. The number of amides is 1. The highest BCUT2D eigenvalue weighted by molar-refractivity contribution is 6.90. The molecule has 3 unspecified atom stereocenters. The van der Waals surface area contributed by atoms with Gasteiger partial charge in [-0.25, -0.2) is 9.18 Å². The Hall–Kier alpha value is -4.17. The van der Waals surface area contributed by atoms with Gasteiger partial charge in [0.25, 0.3) is 0 Å². The van der Waals surface area contributed by atoms with Crippen molar-refractivity contribution in [3.05, 3.63) is 71.0 Å². The van der Waals surface area contributed by atoms with Crippen LogP contribution in [-0.2, 0) is 4.74 Å². The molecule has 318 valence electrons. The van der Waals surface area contributed by atoms with Crippen LogP contribution in [0.25, 0.3) is 32.8 Å². The lowest BCUT2D eigenvalue weighted by Crippen LogP contribution is -2.57. The summed E-state index contributed by atoms with van der Waals surface area (Å²) in [7, 11) is -2.07. The second-order valence-corrected chi connectivity index (χ2v) is 25.8. The molecule has 8 rings (SSSR count). The van der Waals surface area contributed by atoms with E-state index in [1.807, 2.05) is 56.0 Å². The average Bonchev–Trinajstić information content (AvgIpc) is 3.79. The van der Waals surface area contributed by atoms with Crippen LogP contribution in [0.3, 0.4) is 0 Å². The molecule has 0 radical (unpaired) electrons. The first-order valence-corrected chi connectivity index (χ1v) is 24.6. The number of halogens is 2. The summed E-state index contributed by atoms with van der Waals surface area (Å²) in [5.41, 5.74) is 7.70. The van der Waals surface area contributed by atoms with E-state index in [0.29, 0.717) is 53.1 Å². The van der Waals surface area contributed by atoms with Crippen LogP contribution >= 0.6 is 11.6 Å². The molecule has 0 N–H and O–H groups in total. The van der Waals surface area contributed by atoms with Gasteiger partial charge in [0.1, 0.15) is 31.6 Å². The lowest BCUT2D eigenvalue weighted by Gasteiger charge is -2.42. The van der Waals surface area contributed by atoms with Gasteiger partial charge in [-0.1, -0.05) is 102 Å². The van der Waals surface area contributed by atoms with Crippen molar-refractivity contribution in [2.45, 2.75) is 134 Å². The Morgan fingerprint density at radius 3 is 2.35 bits per heavy atom. The molecule has 0 aliphatic carbocycles. The molecule has 4 aliphatic rings. The number of carbonyl (C=O) groups is 1. The fraction of sp³-hybridized carbons (Fsp3) is 0.531. The zero-order valence-electron chi connectivity index (χ0n) is 36.9. The fourth-order valence-corrected chi connectivity index (χ4v) is 16.8. The number of rotatable bonds is 8. The van der Waals surface area contributed by atoms with E-state index >= 15 is 4.39 Å². The van der Waals surface area contributed by atoms with Crippen molar-refractivity contribution in [3.8, 4) is 28.6 Å². The van der Waals surface area contributed by atoms with E-state index in [1.165, 1.54) is 5.57 Å². The average molecular weight is 851 g/mol. The van der Waals surface area contributed by atoms with Gasteiger partial charge in [0.2, 0.25) is 0 Å². The molecule has 3 aromatic carbocycles. The Morgan fingerprint density at radius 1 is 1.03 bits per heavy atom. The van der Waals surface area contributed by atoms with Gasteiger partial charge in [-0.05, 0) is 99.1 Å². The summed E-state index contributed by atoms with van der Waals surface area (Å²) in [6, 6.07) is 13.9. The van der Waals surface area contributed by atoms with Crippen molar-refractivity contribution in [2.24, 2.45) is 0 Å². The number of hydrogen-bond donors (Lipinski definition) is 0. The van der Waals surface area contributed by atoms with Crippen LogP contribution in [0.5, 0.6) is 6.01 Å². The highest BCUT2D eigenvalue weighted by Gasteiger charge is 2.48. The highest BCUT2D eigenvalue weighted by Crippen LogP contribution is 2.46. The monoisotopic (exact) mass is 849 g/mol. The van der Waals surface area contributed by atoms with Gasteiger partial charge >= 0.3 is 12.1 Å². The number of fused-ring (bicyclic) bond motifs is 5. The summed E-state index contributed by atoms with van der Waals surface area (Å²) in [5, 5.41) is 2.61. The zero-order valence-corrected chi connectivity index (χ0v) is 38.7. The largest absolute Gasteiger partial charge is 0.461 e. The smallest absolute Gasteiger partial charge is 0.410 e. The number of hydrogen-bond acceptors (Lipinski definition) is 7. The number of piperazine rings is 1. The van der Waals surface area contributed by atoms with Crippen LogP contribution in [-0.4, -0.2) is 89.9 Å². The number of nitrogens with zero attached hydrogens (tertiary/aromatic N) is 5. The summed E-state index contributed by atoms with van der Waals surface area (Å²) >= 11 is 7.28. The minimum absolute atomic E-state index is 0.0814. The second-order valence-electron chi connectivity index (χ2n) is 19.8. The van der Waals surface area contributed by atoms with Crippen molar-refractivity contribution >= 4 is 53.3 Å². The summed E-state index contributed by atoms with van der Waals surface area (Å²) in [6.07, 6.45) is 4.34. The molecule has 11 heteroatoms. The quantitative estimate of drug-likeness (QED) is 0.0993. The summed E-state index contributed by atoms with van der Waals surface area (Å²) in [6.45, 7) is 27.1. The van der Waals surface area contributed by atoms with Crippen molar-refractivity contribution in [1.29, 1.82) is 0 Å². The molecule has 4 aromatic rings. The lowest BCUT2D eigenvalue weighted by atomic mass is 9.93. The number of benzene rings is 3. The minimum Gasteiger partial charge on any atom is -0.461 e. The number of aromatic nitrogens is 2. The first-order chi connectivity index (χ1) is 28.4. The van der Waals surface area contributed by atoms with E-state index in [9.17, 15) is 4.79 Å². The molecule has 4 aliphatic heterocycles. The van der Waals surface area contributed by atoms with E-state index in [-0.39, 0.29) is 45.8 Å². The van der Waals surface area contributed by atoms with E-state index < -0.39 is 19.5 Å². The normalized spacial score (nSPS) is 22.1. The molecule has 4 fully saturated rings. The van der Waals surface area contributed by atoms with Gasteiger partial charge in [-0.3, -0.25) is 9.80 Å². The number of carbonyl (C=O) groups excluding carboxylic acids is 1. The maximum Gasteiger partial charge on any atom is 0.410 e. The van der Waals surface area contributed by atoms with E-state index in [1.54, 1.807) is 0 Å². The van der Waals surface area contributed by atoms with Gasteiger partial charge < -0.3 is 14.4 Å². The lowest BCUT2D eigenvalue weighted by molar-refractivity contribution is 0.0122. The standard InChI is InChI=1S/C49H61ClFN5O3Si/c1-30(2)60(31(3)4,32(5)6)23-20-35-15-11-14-34-16-12-17-38(41(34)35)42-40(50)24-39-44(43(42)51)52-46(58-29-49-21-13-22-55(49)26-33(7)25-49)53-45(39)54-27-36-18-19-37(28-54)56(36)47(57)59-48(8,9)10/h11-12,14-17,24,30-32,36-37H,7,13,18-19,21-22,25-29H2,1-6,8-10H3. The van der Waals surface area contributed by atoms with Gasteiger partial charge in [-0.15, -0.1) is 5.54 Å². The predicted octanol–water partition coefficient (Wildman–Crippen LogP) is 11.6. The zero-order chi connectivity index (χ0) is 42.9. The second kappa shape index (κ2) is 15.9. The van der Waals surface area contributed by atoms with Gasteiger partial charge in [0.05, 0.1) is 22.6 Å². The molecule has 60 heavy (non-hydrogen) atoms. The van der Waals surface area contributed by atoms with Crippen LogP contribution in [0, 0.1) is 17.3 Å². The molecule has 1 amide bonds. The Bertz CT molecular complexity index is 2380. The first-order valence-electron chi connectivity index (χ1n) is 22.0.